The Morgan fingerprint density at radius 1 is 1.17 bits per heavy atom. The second kappa shape index (κ2) is 6.90. The fraction of sp³-hybridized carbons (Fsp3) is 0.0625. The van der Waals surface area contributed by atoms with Crippen LogP contribution in [0.25, 0.3) is 11.5 Å². The van der Waals surface area contributed by atoms with Crippen LogP contribution in [0, 0.1) is 0 Å². The molecule has 3 aromatic rings. The molecular formula is C16H12Cl2N4O2. The number of aromatic nitrogens is 2. The summed E-state index contributed by atoms with van der Waals surface area (Å²) in [6, 6.07) is 10.1. The summed E-state index contributed by atoms with van der Waals surface area (Å²) in [5.74, 6) is 0.0463. The van der Waals surface area contributed by atoms with Crippen LogP contribution >= 0.6 is 23.2 Å². The van der Waals surface area contributed by atoms with Crippen LogP contribution in [-0.4, -0.2) is 15.9 Å². The molecule has 0 saturated carbocycles. The van der Waals surface area contributed by atoms with E-state index in [0.29, 0.717) is 27.1 Å². The average Bonchev–Trinajstić information content (AvgIpc) is 3.08. The predicted octanol–water partition coefficient (Wildman–Crippen LogP) is 3.56. The summed E-state index contributed by atoms with van der Waals surface area (Å²) in [5.41, 5.74) is 6.85. The number of hydrogen-bond donors (Lipinski definition) is 2. The van der Waals surface area contributed by atoms with Crippen LogP contribution in [0.1, 0.15) is 16.1 Å². The van der Waals surface area contributed by atoms with Gasteiger partial charge in [-0.1, -0.05) is 29.3 Å². The number of anilines is 1. The van der Waals surface area contributed by atoms with Gasteiger partial charge in [0.2, 0.25) is 5.95 Å². The molecule has 3 rings (SSSR count). The van der Waals surface area contributed by atoms with E-state index in [1.807, 2.05) is 0 Å². The quantitative estimate of drug-likeness (QED) is 0.739. The largest absolute Gasteiger partial charge is 0.463 e. The maximum atomic E-state index is 12.3. The van der Waals surface area contributed by atoms with Gasteiger partial charge in [0.15, 0.2) is 5.76 Å². The zero-order valence-electron chi connectivity index (χ0n) is 12.3. The van der Waals surface area contributed by atoms with E-state index in [0.717, 1.165) is 0 Å². The number of benzene rings is 1. The first kappa shape index (κ1) is 16.3. The van der Waals surface area contributed by atoms with Crippen LogP contribution in [0.5, 0.6) is 0 Å². The molecule has 2 aromatic heterocycles. The number of nitrogen functional groups attached to an aromatic ring is 1. The summed E-state index contributed by atoms with van der Waals surface area (Å²) in [5, 5.41) is 3.66. The van der Waals surface area contributed by atoms with Crippen LogP contribution in [-0.2, 0) is 6.54 Å². The fourth-order valence-electron chi connectivity index (χ4n) is 2.09. The van der Waals surface area contributed by atoms with Gasteiger partial charge >= 0.3 is 0 Å². The molecule has 0 aliphatic carbocycles. The van der Waals surface area contributed by atoms with Crippen molar-refractivity contribution in [1.82, 2.24) is 15.3 Å². The molecule has 0 atom stereocenters. The summed E-state index contributed by atoms with van der Waals surface area (Å²) < 4.78 is 5.26. The number of amides is 1. The fourth-order valence-corrected chi connectivity index (χ4v) is 2.62. The number of carbonyl (C=O) groups excluding carboxylic acids is 1. The lowest BCUT2D eigenvalue weighted by atomic mass is 10.2. The van der Waals surface area contributed by atoms with Gasteiger partial charge in [0.25, 0.3) is 5.91 Å². The Balaban J connectivity index is 1.80. The van der Waals surface area contributed by atoms with Crippen molar-refractivity contribution in [1.29, 1.82) is 0 Å². The summed E-state index contributed by atoms with van der Waals surface area (Å²) in [7, 11) is 0. The average molecular weight is 363 g/mol. The monoisotopic (exact) mass is 362 g/mol. The van der Waals surface area contributed by atoms with E-state index < -0.39 is 5.91 Å². The summed E-state index contributed by atoms with van der Waals surface area (Å²) in [6.45, 7) is 0.164. The molecule has 1 amide bonds. The Labute approximate surface area is 147 Å². The van der Waals surface area contributed by atoms with Crippen LogP contribution < -0.4 is 11.1 Å². The molecule has 8 heteroatoms. The number of nitrogens with two attached hydrogens (primary N) is 1. The Morgan fingerprint density at radius 2 is 1.92 bits per heavy atom. The van der Waals surface area contributed by atoms with Crippen LogP contribution in [0.2, 0.25) is 10.0 Å². The van der Waals surface area contributed by atoms with E-state index >= 15 is 0 Å². The molecule has 0 fully saturated rings. The van der Waals surface area contributed by atoms with Gasteiger partial charge in [-0.05, 0) is 30.3 Å². The highest BCUT2D eigenvalue weighted by Crippen LogP contribution is 2.24. The molecule has 0 spiro atoms. The second-order valence-electron chi connectivity index (χ2n) is 4.86. The molecular weight excluding hydrogens is 351 g/mol. The smallest absolute Gasteiger partial charge is 0.270 e. The van der Waals surface area contributed by atoms with Gasteiger partial charge in [0, 0.05) is 22.2 Å². The third-order valence-electron chi connectivity index (χ3n) is 3.24. The lowest BCUT2D eigenvalue weighted by Gasteiger charge is -2.09. The highest BCUT2D eigenvalue weighted by atomic mass is 35.5. The van der Waals surface area contributed by atoms with Crippen molar-refractivity contribution in [2.75, 3.05) is 5.73 Å². The first-order chi connectivity index (χ1) is 11.5. The van der Waals surface area contributed by atoms with Crippen LogP contribution in [0.3, 0.4) is 0 Å². The van der Waals surface area contributed by atoms with Gasteiger partial charge in [-0.25, -0.2) is 9.97 Å². The molecule has 24 heavy (non-hydrogen) atoms. The highest BCUT2D eigenvalue weighted by Gasteiger charge is 2.14. The minimum Gasteiger partial charge on any atom is -0.463 e. The highest BCUT2D eigenvalue weighted by molar-refractivity contribution is 6.36. The maximum Gasteiger partial charge on any atom is 0.270 e. The molecule has 0 saturated heterocycles. The number of nitrogens with zero attached hydrogens (tertiary/aromatic N) is 2. The number of furan rings is 1. The van der Waals surface area contributed by atoms with Gasteiger partial charge in [0.1, 0.15) is 11.4 Å². The van der Waals surface area contributed by atoms with Crippen LogP contribution in [0.4, 0.5) is 5.95 Å². The Kier molecular flexibility index (Phi) is 4.69. The SMILES string of the molecule is Nc1nc(C(=O)NCc2c(Cl)cccc2Cl)cc(-c2ccco2)n1. The van der Waals surface area contributed by atoms with Crippen molar-refractivity contribution in [2.45, 2.75) is 6.54 Å². The van der Waals surface area contributed by atoms with Gasteiger partial charge < -0.3 is 15.5 Å². The lowest BCUT2D eigenvalue weighted by molar-refractivity contribution is 0.0946. The molecule has 122 valence electrons. The van der Waals surface area contributed by atoms with Crippen molar-refractivity contribution in [3.8, 4) is 11.5 Å². The lowest BCUT2D eigenvalue weighted by Crippen LogP contribution is -2.24. The van der Waals surface area contributed by atoms with E-state index in [1.54, 1.807) is 30.3 Å². The van der Waals surface area contributed by atoms with E-state index in [-0.39, 0.29) is 18.2 Å². The molecule has 6 nitrogen and oxygen atoms in total. The summed E-state index contributed by atoms with van der Waals surface area (Å²) >= 11 is 12.2. The molecule has 0 bridgehead atoms. The van der Waals surface area contributed by atoms with Crippen molar-refractivity contribution < 1.29 is 9.21 Å². The first-order valence-corrected chi connectivity index (χ1v) is 7.69. The summed E-state index contributed by atoms with van der Waals surface area (Å²) in [4.78, 5) is 20.3. The first-order valence-electron chi connectivity index (χ1n) is 6.94. The van der Waals surface area contributed by atoms with Gasteiger partial charge in [-0.15, -0.1) is 0 Å². The minimum atomic E-state index is -0.423. The van der Waals surface area contributed by atoms with Crippen molar-refractivity contribution in [3.05, 3.63) is 64.0 Å². The van der Waals surface area contributed by atoms with Crippen LogP contribution in [0.15, 0.2) is 47.1 Å². The molecule has 1 aromatic carbocycles. The number of halogens is 2. The van der Waals surface area contributed by atoms with Gasteiger partial charge in [-0.3, -0.25) is 4.79 Å². The van der Waals surface area contributed by atoms with E-state index in [9.17, 15) is 4.79 Å². The second-order valence-corrected chi connectivity index (χ2v) is 5.67. The number of carbonyl (C=O) groups is 1. The number of hydrogen-bond acceptors (Lipinski definition) is 5. The topological polar surface area (TPSA) is 94.0 Å². The van der Waals surface area contributed by atoms with Crippen molar-refractivity contribution in [3.63, 3.8) is 0 Å². The molecule has 0 radical (unpaired) electrons. The molecule has 2 heterocycles. The third kappa shape index (κ3) is 3.50. The Morgan fingerprint density at radius 3 is 2.58 bits per heavy atom. The normalized spacial score (nSPS) is 10.6. The molecule has 0 unspecified atom stereocenters. The zero-order chi connectivity index (χ0) is 17.1. The third-order valence-corrected chi connectivity index (χ3v) is 3.95. The molecule has 0 aliphatic rings. The van der Waals surface area contributed by atoms with E-state index in [1.165, 1.54) is 12.3 Å². The van der Waals surface area contributed by atoms with Gasteiger partial charge in [-0.2, -0.15) is 0 Å². The number of rotatable bonds is 4. The van der Waals surface area contributed by atoms with E-state index in [4.69, 9.17) is 33.4 Å². The van der Waals surface area contributed by atoms with Gasteiger partial charge in [0.05, 0.1) is 6.26 Å². The van der Waals surface area contributed by atoms with E-state index in [2.05, 4.69) is 15.3 Å². The maximum absolute atomic E-state index is 12.3. The minimum absolute atomic E-state index is 0.0233. The Bertz CT molecular complexity index is 862. The standard InChI is InChI=1S/C16H12Cl2N4O2/c17-10-3-1-4-11(18)9(10)8-20-15(23)13-7-12(21-16(19)22-13)14-5-2-6-24-14/h1-7H,8H2,(H,20,23)(H2,19,21,22). The van der Waals surface area contributed by atoms with Crippen molar-refractivity contribution in [2.24, 2.45) is 0 Å². The van der Waals surface area contributed by atoms with Crippen molar-refractivity contribution >= 4 is 35.1 Å². The molecule has 0 aliphatic heterocycles. The zero-order valence-corrected chi connectivity index (χ0v) is 13.8. The Hall–Kier alpha value is -2.57. The predicted molar refractivity (Wildman–Crippen MR) is 91.8 cm³/mol. The molecule has 3 N–H and O–H groups in total. The number of nitrogens with one attached hydrogen (secondary N) is 1. The summed E-state index contributed by atoms with van der Waals surface area (Å²) in [6.07, 6.45) is 1.51.